The molecule has 1 fully saturated rings. The lowest BCUT2D eigenvalue weighted by molar-refractivity contribution is 0.222. The molecule has 1 unspecified atom stereocenters. The second-order valence-electron chi connectivity index (χ2n) is 4.10. The largest absolute Gasteiger partial charge is 0.493 e. The predicted octanol–water partition coefficient (Wildman–Crippen LogP) is 1.36. The van der Waals surface area contributed by atoms with Gasteiger partial charge in [-0.2, -0.15) is 0 Å². The van der Waals surface area contributed by atoms with Gasteiger partial charge in [0, 0.05) is 19.0 Å². The predicted molar refractivity (Wildman–Crippen MR) is 57.5 cm³/mol. The van der Waals surface area contributed by atoms with E-state index in [4.69, 9.17) is 9.47 Å². The minimum Gasteiger partial charge on any atom is -0.493 e. The van der Waals surface area contributed by atoms with Crippen LogP contribution in [0.4, 0.5) is 0 Å². The van der Waals surface area contributed by atoms with Crippen LogP contribution in [0.1, 0.15) is 12.0 Å². The Bertz CT molecular complexity index is 359. The number of fused-ring (bicyclic) bond motifs is 1. The van der Waals surface area contributed by atoms with Crippen LogP contribution >= 0.6 is 0 Å². The first-order valence-electron chi connectivity index (χ1n) is 5.55. The Morgan fingerprint density at radius 3 is 3.27 bits per heavy atom. The standard InChI is InChI=1S/C12H15NO2/c1-2-10(15-11-3-5-13-8-11)7-12-9(1)4-6-14-12/h1-2,7,11,13H,3-6,8H2. The molecule has 1 aromatic rings. The van der Waals surface area contributed by atoms with Gasteiger partial charge in [0.15, 0.2) is 0 Å². The molecule has 80 valence electrons. The lowest BCUT2D eigenvalue weighted by atomic mass is 10.1. The van der Waals surface area contributed by atoms with Crippen molar-refractivity contribution >= 4 is 0 Å². The summed E-state index contributed by atoms with van der Waals surface area (Å²) in [7, 11) is 0. The third-order valence-electron chi connectivity index (χ3n) is 2.99. The van der Waals surface area contributed by atoms with Crippen LogP contribution in [-0.2, 0) is 6.42 Å². The van der Waals surface area contributed by atoms with Gasteiger partial charge in [-0.05, 0) is 24.6 Å². The summed E-state index contributed by atoms with van der Waals surface area (Å²) in [5.41, 5.74) is 1.30. The van der Waals surface area contributed by atoms with E-state index in [1.54, 1.807) is 0 Å². The number of hydrogen-bond donors (Lipinski definition) is 1. The fourth-order valence-electron chi connectivity index (χ4n) is 2.14. The zero-order valence-corrected chi connectivity index (χ0v) is 8.66. The van der Waals surface area contributed by atoms with E-state index in [0.717, 1.165) is 44.0 Å². The topological polar surface area (TPSA) is 30.5 Å². The Morgan fingerprint density at radius 1 is 1.40 bits per heavy atom. The van der Waals surface area contributed by atoms with Crippen molar-refractivity contribution in [2.45, 2.75) is 18.9 Å². The van der Waals surface area contributed by atoms with E-state index in [1.807, 2.05) is 12.1 Å². The van der Waals surface area contributed by atoms with Gasteiger partial charge in [0.05, 0.1) is 6.61 Å². The monoisotopic (exact) mass is 205 g/mol. The molecule has 2 aliphatic rings. The summed E-state index contributed by atoms with van der Waals surface area (Å²) in [5, 5.41) is 3.29. The summed E-state index contributed by atoms with van der Waals surface area (Å²) in [6.07, 6.45) is 2.45. The van der Waals surface area contributed by atoms with Crippen molar-refractivity contribution in [2.75, 3.05) is 19.7 Å². The molecule has 0 amide bonds. The van der Waals surface area contributed by atoms with E-state index in [2.05, 4.69) is 11.4 Å². The maximum Gasteiger partial charge on any atom is 0.126 e. The lowest BCUT2D eigenvalue weighted by Gasteiger charge is -2.12. The van der Waals surface area contributed by atoms with Gasteiger partial charge in [0.1, 0.15) is 17.6 Å². The molecule has 0 spiro atoms. The molecule has 0 aliphatic carbocycles. The molecular formula is C12H15NO2. The van der Waals surface area contributed by atoms with Crippen LogP contribution in [0.25, 0.3) is 0 Å². The molecule has 2 heterocycles. The van der Waals surface area contributed by atoms with Crippen LogP contribution in [-0.4, -0.2) is 25.8 Å². The van der Waals surface area contributed by atoms with Crippen molar-refractivity contribution in [3.05, 3.63) is 23.8 Å². The third kappa shape index (κ3) is 1.79. The Balaban J connectivity index is 1.75. The molecule has 1 aromatic carbocycles. The molecule has 3 rings (SSSR count). The number of hydrogen-bond acceptors (Lipinski definition) is 3. The minimum absolute atomic E-state index is 0.324. The maximum absolute atomic E-state index is 5.86. The van der Waals surface area contributed by atoms with Gasteiger partial charge >= 0.3 is 0 Å². The molecule has 15 heavy (non-hydrogen) atoms. The summed E-state index contributed by atoms with van der Waals surface area (Å²) in [6, 6.07) is 6.17. The Morgan fingerprint density at radius 2 is 2.40 bits per heavy atom. The molecule has 0 bridgehead atoms. The number of nitrogens with one attached hydrogen (secondary N) is 1. The van der Waals surface area contributed by atoms with Crippen molar-refractivity contribution in [3.8, 4) is 11.5 Å². The lowest BCUT2D eigenvalue weighted by Crippen LogP contribution is -2.19. The molecule has 1 saturated heterocycles. The van der Waals surface area contributed by atoms with Crippen LogP contribution < -0.4 is 14.8 Å². The van der Waals surface area contributed by atoms with Gasteiger partial charge in [-0.15, -0.1) is 0 Å². The van der Waals surface area contributed by atoms with E-state index >= 15 is 0 Å². The molecule has 1 atom stereocenters. The van der Waals surface area contributed by atoms with Crippen LogP contribution in [0, 0.1) is 0 Å². The smallest absolute Gasteiger partial charge is 0.126 e. The third-order valence-corrected chi connectivity index (χ3v) is 2.99. The highest BCUT2D eigenvalue weighted by molar-refractivity contribution is 5.42. The highest BCUT2D eigenvalue weighted by Gasteiger charge is 2.18. The van der Waals surface area contributed by atoms with Gasteiger partial charge in [0.2, 0.25) is 0 Å². The van der Waals surface area contributed by atoms with Gasteiger partial charge in [-0.25, -0.2) is 0 Å². The Labute approximate surface area is 89.4 Å². The summed E-state index contributed by atoms with van der Waals surface area (Å²) in [6.45, 7) is 2.83. The van der Waals surface area contributed by atoms with Crippen LogP contribution in [0.5, 0.6) is 11.5 Å². The molecule has 1 N–H and O–H groups in total. The van der Waals surface area contributed by atoms with E-state index in [1.165, 1.54) is 5.56 Å². The molecular weight excluding hydrogens is 190 g/mol. The fourth-order valence-corrected chi connectivity index (χ4v) is 2.14. The summed E-state index contributed by atoms with van der Waals surface area (Å²) in [5.74, 6) is 1.93. The molecule has 2 aliphatic heterocycles. The van der Waals surface area contributed by atoms with Gasteiger partial charge in [0.25, 0.3) is 0 Å². The first kappa shape index (κ1) is 9.04. The quantitative estimate of drug-likeness (QED) is 0.790. The molecule has 0 aromatic heterocycles. The van der Waals surface area contributed by atoms with E-state index in [-0.39, 0.29) is 0 Å². The molecule has 3 heteroatoms. The highest BCUT2D eigenvalue weighted by Crippen LogP contribution is 2.30. The average molecular weight is 205 g/mol. The van der Waals surface area contributed by atoms with Gasteiger partial charge in [-0.1, -0.05) is 6.07 Å². The second-order valence-corrected chi connectivity index (χ2v) is 4.10. The molecule has 3 nitrogen and oxygen atoms in total. The zero-order chi connectivity index (χ0) is 10.1. The molecule has 0 radical (unpaired) electrons. The maximum atomic E-state index is 5.86. The SMILES string of the molecule is c1cc2c(cc1OC1CCNC1)OCC2. The summed E-state index contributed by atoms with van der Waals surface area (Å²) in [4.78, 5) is 0. The normalized spacial score (nSPS) is 23.6. The minimum atomic E-state index is 0.324. The van der Waals surface area contributed by atoms with Gasteiger partial charge in [-0.3, -0.25) is 0 Å². The molecule has 0 saturated carbocycles. The Hall–Kier alpha value is -1.22. The highest BCUT2D eigenvalue weighted by atomic mass is 16.5. The first-order valence-corrected chi connectivity index (χ1v) is 5.55. The number of ether oxygens (including phenoxy) is 2. The van der Waals surface area contributed by atoms with Crippen LogP contribution in [0.3, 0.4) is 0 Å². The van der Waals surface area contributed by atoms with E-state index in [9.17, 15) is 0 Å². The van der Waals surface area contributed by atoms with Crippen LogP contribution in [0.2, 0.25) is 0 Å². The number of rotatable bonds is 2. The zero-order valence-electron chi connectivity index (χ0n) is 8.66. The van der Waals surface area contributed by atoms with E-state index < -0.39 is 0 Å². The fraction of sp³-hybridized carbons (Fsp3) is 0.500. The summed E-state index contributed by atoms with van der Waals surface area (Å²) < 4.78 is 11.4. The van der Waals surface area contributed by atoms with E-state index in [0.29, 0.717) is 6.10 Å². The second kappa shape index (κ2) is 3.74. The Kier molecular flexibility index (Phi) is 2.25. The van der Waals surface area contributed by atoms with Gasteiger partial charge < -0.3 is 14.8 Å². The van der Waals surface area contributed by atoms with Crippen molar-refractivity contribution in [1.29, 1.82) is 0 Å². The summed E-state index contributed by atoms with van der Waals surface area (Å²) >= 11 is 0. The van der Waals surface area contributed by atoms with Crippen molar-refractivity contribution in [2.24, 2.45) is 0 Å². The van der Waals surface area contributed by atoms with Crippen molar-refractivity contribution < 1.29 is 9.47 Å². The van der Waals surface area contributed by atoms with Crippen molar-refractivity contribution in [3.63, 3.8) is 0 Å². The number of benzene rings is 1. The van der Waals surface area contributed by atoms with Crippen molar-refractivity contribution in [1.82, 2.24) is 5.32 Å². The van der Waals surface area contributed by atoms with Crippen LogP contribution in [0.15, 0.2) is 18.2 Å². The first-order chi connectivity index (χ1) is 7.42. The average Bonchev–Trinajstić information content (AvgIpc) is 2.87.